The first-order chi connectivity index (χ1) is 9.74. The predicted octanol–water partition coefficient (Wildman–Crippen LogP) is -0.788. The molecule has 2 N–H and O–H groups in total. The van der Waals surface area contributed by atoms with Gasteiger partial charge in [-0.15, -0.1) is 0 Å². The molecular weight excluding hydrogens is 260 g/mol. The Hall–Kier alpha value is -1.44. The summed E-state index contributed by atoms with van der Waals surface area (Å²) in [5, 5.41) is 16.3. The Morgan fingerprint density at radius 3 is 3.25 bits per heavy atom. The second kappa shape index (κ2) is 7.37. The largest absolute Gasteiger partial charge is 0.465 e. The summed E-state index contributed by atoms with van der Waals surface area (Å²) in [5.74, 6) is -0.178. The van der Waals surface area contributed by atoms with E-state index in [9.17, 15) is 4.79 Å². The summed E-state index contributed by atoms with van der Waals surface area (Å²) in [5.41, 5.74) is 1.04. The molecule has 0 saturated carbocycles. The Morgan fingerprint density at radius 2 is 2.50 bits per heavy atom. The highest BCUT2D eigenvalue weighted by atomic mass is 16.5. The predicted molar refractivity (Wildman–Crippen MR) is 73.0 cm³/mol. The third kappa shape index (κ3) is 3.78. The van der Waals surface area contributed by atoms with Crippen LogP contribution in [0.25, 0.3) is 0 Å². The molecule has 0 aromatic carbocycles. The van der Waals surface area contributed by atoms with E-state index < -0.39 is 0 Å². The van der Waals surface area contributed by atoms with Gasteiger partial charge in [-0.3, -0.25) is 14.4 Å². The van der Waals surface area contributed by atoms with Gasteiger partial charge in [0, 0.05) is 37.9 Å². The molecule has 1 aromatic rings. The van der Waals surface area contributed by atoms with Crippen LogP contribution in [0.2, 0.25) is 0 Å². The Bertz CT molecular complexity index is 435. The number of carbonyl (C=O) groups is 1. The molecule has 1 aliphatic heterocycles. The van der Waals surface area contributed by atoms with Crippen LogP contribution < -0.4 is 5.32 Å². The van der Waals surface area contributed by atoms with E-state index in [-0.39, 0.29) is 18.6 Å². The monoisotopic (exact) mass is 282 g/mol. The molecule has 1 atom stereocenters. The number of aliphatic hydroxyl groups is 1. The molecule has 2 heterocycles. The molecule has 0 spiro atoms. The molecule has 1 aliphatic rings. The minimum Gasteiger partial charge on any atom is -0.465 e. The standard InChI is InChI=1S/C13H22N4O3/c1-2-20-13(19)12-8-14-3-4-16(12)9-11-7-15-17(10-11)5-6-18/h7,10,12,14,18H,2-6,8-9H2,1H3. The zero-order valence-corrected chi connectivity index (χ0v) is 11.8. The fraction of sp³-hybridized carbons (Fsp3) is 0.692. The number of aromatic nitrogens is 2. The smallest absolute Gasteiger partial charge is 0.324 e. The lowest BCUT2D eigenvalue weighted by atomic mass is 10.1. The minimum absolute atomic E-state index is 0.0696. The summed E-state index contributed by atoms with van der Waals surface area (Å²) < 4.78 is 6.82. The number of piperazine rings is 1. The van der Waals surface area contributed by atoms with Gasteiger partial charge < -0.3 is 15.2 Å². The second-order valence-electron chi connectivity index (χ2n) is 4.78. The highest BCUT2D eigenvalue weighted by molar-refractivity contribution is 5.76. The van der Waals surface area contributed by atoms with E-state index in [0.29, 0.717) is 26.2 Å². The first-order valence-corrected chi connectivity index (χ1v) is 6.98. The Labute approximate surface area is 118 Å². The Balaban J connectivity index is 1.98. The van der Waals surface area contributed by atoms with Crippen molar-refractivity contribution in [3.05, 3.63) is 18.0 Å². The van der Waals surface area contributed by atoms with E-state index >= 15 is 0 Å². The summed E-state index contributed by atoms with van der Waals surface area (Å²) in [7, 11) is 0. The lowest BCUT2D eigenvalue weighted by Crippen LogP contribution is -2.54. The summed E-state index contributed by atoms with van der Waals surface area (Å²) in [4.78, 5) is 14.1. The number of hydrogen-bond donors (Lipinski definition) is 2. The fourth-order valence-corrected chi connectivity index (χ4v) is 2.35. The van der Waals surface area contributed by atoms with E-state index in [1.807, 2.05) is 13.1 Å². The van der Waals surface area contributed by atoms with Crippen molar-refractivity contribution in [2.45, 2.75) is 26.1 Å². The SMILES string of the molecule is CCOC(=O)C1CNCCN1Cc1cnn(CCO)c1. The molecule has 2 rings (SSSR count). The van der Waals surface area contributed by atoms with Gasteiger partial charge in [-0.25, -0.2) is 0 Å². The van der Waals surface area contributed by atoms with Crippen molar-refractivity contribution in [3.63, 3.8) is 0 Å². The first-order valence-electron chi connectivity index (χ1n) is 6.98. The van der Waals surface area contributed by atoms with Gasteiger partial charge in [0.05, 0.1) is 26.0 Å². The zero-order chi connectivity index (χ0) is 14.4. The highest BCUT2D eigenvalue weighted by Crippen LogP contribution is 2.11. The number of aliphatic hydroxyl groups excluding tert-OH is 1. The maximum absolute atomic E-state index is 11.9. The molecule has 0 amide bonds. The second-order valence-corrected chi connectivity index (χ2v) is 4.78. The van der Waals surface area contributed by atoms with Crippen LogP contribution in [0.3, 0.4) is 0 Å². The molecule has 20 heavy (non-hydrogen) atoms. The normalized spacial score (nSPS) is 20.0. The van der Waals surface area contributed by atoms with Crippen LogP contribution >= 0.6 is 0 Å². The van der Waals surface area contributed by atoms with Crippen molar-refractivity contribution >= 4 is 5.97 Å². The average Bonchev–Trinajstić information content (AvgIpc) is 2.87. The van der Waals surface area contributed by atoms with Gasteiger partial charge in [0.25, 0.3) is 0 Å². The van der Waals surface area contributed by atoms with Crippen molar-refractivity contribution in [3.8, 4) is 0 Å². The molecule has 0 radical (unpaired) electrons. The maximum Gasteiger partial charge on any atom is 0.324 e. The molecule has 112 valence electrons. The number of hydrogen-bond acceptors (Lipinski definition) is 6. The van der Waals surface area contributed by atoms with E-state index in [1.54, 1.807) is 10.9 Å². The number of nitrogens with one attached hydrogen (secondary N) is 1. The van der Waals surface area contributed by atoms with E-state index in [2.05, 4.69) is 15.3 Å². The van der Waals surface area contributed by atoms with Gasteiger partial charge in [0.2, 0.25) is 0 Å². The number of nitrogens with zero attached hydrogens (tertiary/aromatic N) is 3. The number of ether oxygens (including phenoxy) is 1. The minimum atomic E-state index is -0.245. The summed E-state index contributed by atoms with van der Waals surface area (Å²) in [6, 6.07) is -0.245. The third-order valence-corrected chi connectivity index (χ3v) is 3.31. The fourth-order valence-electron chi connectivity index (χ4n) is 2.35. The van der Waals surface area contributed by atoms with Gasteiger partial charge in [0.15, 0.2) is 0 Å². The number of rotatable bonds is 6. The van der Waals surface area contributed by atoms with Crippen molar-refractivity contribution in [1.29, 1.82) is 0 Å². The molecule has 7 heteroatoms. The molecule has 7 nitrogen and oxygen atoms in total. The van der Waals surface area contributed by atoms with Crippen molar-refractivity contribution < 1.29 is 14.6 Å². The highest BCUT2D eigenvalue weighted by Gasteiger charge is 2.29. The van der Waals surface area contributed by atoms with Crippen LogP contribution in [0.5, 0.6) is 0 Å². The zero-order valence-electron chi connectivity index (χ0n) is 11.8. The van der Waals surface area contributed by atoms with Crippen LogP contribution in [-0.4, -0.2) is 64.6 Å². The van der Waals surface area contributed by atoms with E-state index in [1.165, 1.54) is 0 Å². The van der Waals surface area contributed by atoms with Crippen molar-refractivity contribution in [2.24, 2.45) is 0 Å². The molecule has 1 aromatic heterocycles. The molecule has 0 bridgehead atoms. The van der Waals surface area contributed by atoms with Crippen molar-refractivity contribution in [2.75, 3.05) is 32.8 Å². The quantitative estimate of drug-likeness (QED) is 0.666. The summed E-state index contributed by atoms with van der Waals surface area (Å²) in [6.45, 7) is 5.72. The Kier molecular flexibility index (Phi) is 5.51. The van der Waals surface area contributed by atoms with Crippen molar-refractivity contribution in [1.82, 2.24) is 20.0 Å². The molecule has 1 saturated heterocycles. The summed E-state index contributed by atoms with van der Waals surface area (Å²) in [6.07, 6.45) is 3.68. The van der Waals surface area contributed by atoms with Crippen LogP contribution in [0.15, 0.2) is 12.4 Å². The van der Waals surface area contributed by atoms with Gasteiger partial charge in [0.1, 0.15) is 6.04 Å². The van der Waals surface area contributed by atoms with Crippen LogP contribution in [0, 0.1) is 0 Å². The molecular formula is C13H22N4O3. The van der Waals surface area contributed by atoms with Gasteiger partial charge >= 0.3 is 5.97 Å². The van der Waals surface area contributed by atoms with Crippen LogP contribution in [0.1, 0.15) is 12.5 Å². The number of carbonyl (C=O) groups excluding carboxylic acids is 1. The lowest BCUT2D eigenvalue weighted by molar-refractivity contribution is -0.150. The van der Waals surface area contributed by atoms with Crippen LogP contribution in [-0.2, 0) is 22.6 Å². The van der Waals surface area contributed by atoms with Gasteiger partial charge in [-0.05, 0) is 6.92 Å². The van der Waals surface area contributed by atoms with Crippen LogP contribution in [0.4, 0.5) is 0 Å². The lowest BCUT2D eigenvalue weighted by Gasteiger charge is -2.34. The first kappa shape index (κ1) is 15.0. The molecule has 1 fully saturated rings. The van der Waals surface area contributed by atoms with Gasteiger partial charge in [-0.1, -0.05) is 0 Å². The van der Waals surface area contributed by atoms with E-state index in [4.69, 9.17) is 9.84 Å². The number of esters is 1. The van der Waals surface area contributed by atoms with Gasteiger partial charge in [-0.2, -0.15) is 5.10 Å². The average molecular weight is 282 g/mol. The third-order valence-electron chi connectivity index (χ3n) is 3.31. The molecule has 0 aliphatic carbocycles. The Morgan fingerprint density at radius 1 is 1.65 bits per heavy atom. The van der Waals surface area contributed by atoms with E-state index in [0.717, 1.165) is 18.7 Å². The topological polar surface area (TPSA) is 79.6 Å². The maximum atomic E-state index is 11.9. The summed E-state index contributed by atoms with van der Waals surface area (Å²) >= 11 is 0. The molecule has 1 unspecified atom stereocenters.